The molecule has 5 rings (SSSR count). The topological polar surface area (TPSA) is 3.24 Å². The molecule has 3 aliphatic carbocycles. The van der Waals surface area contributed by atoms with E-state index in [0.717, 1.165) is 29.2 Å². The minimum Gasteiger partial charge on any atom is -0.296 e. The predicted octanol–water partition coefficient (Wildman–Crippen LogP) is 3.31. The highest BCUT2D eigenvalue weighted by Crippen LogP contribution is 2.76. The van der Waals surface area contributed by atoms with Crippen molar-refractivity contribution >= 4 is 0 Å². The number of hydrogen-bond donors (Lipinski definition) is 0. The van der Waals surface area contributed by atoms with E-state index >= 15 is 0 Å². The number of nitrogens with zero attached hydrogens (tertiary/aromatic N) is 1. The van der Waals surface area contributed by atoms with E-state index in [9.17, 15) is 0 Å². The van der Waals surface area contributed by atoms with Crippen molar-refractivity contribution in [3.63, 3.8) is 0 Å². The predicted molar refractivity (Wildman–Crippen MR) is 72.0 cm³/mol. The third-order valence-electron chi connectivity index (χ3n) is 6.47. The minimum atomic E-state index is 0.872. The summed E-state index contributed by atoms with van der Waals surface area (Å²) in [4.78, 5) is 2.81. The van der Waals surface area contributed by atoms with Gasteiger partial charge in [0.15, 0.2) is 0 Å². The van der Waals surface area contributed by atoms with E-state index in [0.29, 0.717) is 0 Å². The monoisotopic (exact) mass is 239 g/mol. The summed E-state index contributed by atoms with van der Waals surface area (Å²) in [5.74, 6) is 3.26. The Balaban J connectivity index is 1.40. The third kappa shape index (κ3) is 1.17. The first kappa shape index (κ1) is 10.0. The molecule has 1 saturated heterocycles. The van der Waals surface area contributed by atoms with E-state index in [1.54, 1.807) is 19.3 Å². The molecule has 4 aliphatic rings. The zero-order valence-electron chi connectivity index (χ0n) is 10.9. The number of hydrogen-bond acceptors (Lipinski definition) is 1. The summed E-state index contributed by atoms with van der Waals surface area (Å²) in [5, 5.41) is 0. The Morgan fingerprint density at radius 3 is 2.89 bits per heavy atom. The average molecular weight is 239 g/mol. The van der Waals surface area contributed by atoms with Gasteiger partial charge in [-0.15, -0.1) is 0 Å². The normalized spacial score (nSPS) is 48.2. The summed E-state index contributed by atoms with van der Waals surface area (Å²) in [7, 11) is 0. The molecule has 4 fully saturated rings. The van der Waals surface area contributed by atoms with Crippen LogP contribution in [0.4, 0.5) is 0 Å². The molecule has 0 N–H and O–H groups in total. The van der Waals surface area contributed by atoms with E-state index in [1.807, 2.05) is 0 Å². The zero-order valence-corrected chi connectivity index (χ0v) is 10.9. The number of likely N-dealkylation sites (tertiary alicyclic amines) is 1. The fraction of sp³-hybridized carbons (Fsp3) is 0.647. The minimum absolute atomic E-state index is 0.872. The van der Waals surface area contributed by atoms with Gasteiger partial charge in [0.2, 0.25) is 0 Å². The molecule has 1 aromatic carbocycles. The van der Waals surface area contributed by atoms with E-state index in [2.05, 4.69) is 35.2 Å². The van der Waals surface area contributed by atoms with Gasteiger partial charge in [-0.2, -0.15) is 0 Å². The van der Waals surface area contributed by atoms with E-state index in [4.69, 9.17) is 0 Å². The second kappa shape index (κ2) is 3.19. The highest BCUT2D eigenvalue weighted by atomic mass is 15.2. The Morgan fingerprint density at radius 2 is 2.00 bits per heavy atom. The first-order valence-corrected chi connectivity index (χ1v) is 7.63. The molecular weight excluding hydrogens is 218 g/mol. The molecular formula is C17H21N. The maximum Gasteiger partial charge on any atom is 0.0236 e. The van der Waals surface area contributed by atoms with Crippen molar-refractivity contribution in [1.29, 1.82) is 0 Å². The van der Waals surface area contributed by atoms with Crippen molar-refractivity contribution in [1.82, 2.24) is 4.90 Å². The van der Waals surface area contributed by atoms with Crippen molar-refractivity contribution in [3.05, 3.63) is 35.9 Å². The Labute approximate surface area is 109 Å². The zero-order chi connectivity index (χ0) is 11.7. The summed E-state index contributed by atoms with van der Waals surface area (Å²) >= 11 is 0. The largest absolute Gasteiger partial charge is 0.296 e. The molecule has 5 atom stereocenters. The average Bonchev–Trinajstić information content (AvgIpc) is 3.07. The maximum absolute atomic E-state index is 2.81. The fourth-order valence-electron chi connectivity index (χ4n) is 5.58. The Hall–Kier alpha value is -0.820. The first-order valence-electron chi connectivity index (χ1n) is 7.63. The summed E-state index contributed by atoms with van der Waals surface area (Å²) in [6.45, 7) is 2.57. The van der Waals surface area contributed by atoms with Crippen LogP contribution >= 0.6 is 0 Å². The standard InChI is InChI=1S/C17H21N/c1-2-4-12(5-3-1)10-18-11-13-6-14-8-17(14)9-16(18)15(17)7-13/h1-5,13-16H,6-11H2. The highest BCUT2D eigenvalue weighted by Gasteiger charge is 2.72. The van der Waals surface area contributed by atoms with Crippen molar-refractivity contribution in [2.24, 2.45) is 23.2 Å². The van der Waals surface area contributed by atoms with Gasteiger partial charge in [-0.25, -0.2) is 0 Å². The van der Waals surface area contributed by atoms with Crippen LogP contribution in [0.15, 0.2) is 30.3 Å². The maximum atomic E-state index is 2.81. The van der Waals surface area contributed by atoms with Crippen molar-refractivity contribution in [2.75, 3.05) is 6.54 Å². The molecule has 1 aliphatic heterocycles. The molecule has 5 unspecified atom stereocenters. The fourth-order valence-corrected chi connectivity index (χ4v) is 5.58. The molecule has 2 bridgehead atoms. The summed E-state index contributed by atoms with van der Waals surface area (Å²) < 4.78 is 0. The molecule has 18 heavy (non-hydrogen) atoms. The summed E-state index contributed by atoms with van der Waals surface area (Å²) in [6, 6.07) is 12.0. The quantitative estimate of drug-likeness (QED) is 0.765. The van der Waals surface area contributed by atoms with Crippen LogP contribution in [0.5, 0.6) is 0 Å². The molecule has 1 heteroatoms. The van der Waals surface area contributed by atoms with Crippen LogP contribution in [-0.4, -0.2) is 17.5 Å². The lowest BCUT2D eigenvalue weighted by molar-refractivity contribution is -0.106. The molecule has 1 nitrogen and oxygen atoms in total. The number of piperidine rings is 1. The first-order chi connectivity index (χ1) is 8.85. The SMILES string of the molecule is c1ccc(CN2CC3CC4CC45CC2C5C3)cc1. The van der Waals surface area contributed by atoms with Gasteiger partial charge in [0, 0.05) is 19.1 Å². The van der Waals surface area contributed by atoms with Crippen molar-refractivity contribution < 1.29 is 0 Å². The van der Waals surface area contributed by atoms with E-state index < -0.39 is 0 Å². The molecule has 1 spiro atoms. The smallest absolute Gasteiger partial charge is 0.0236 e. The van der Waals surface area contributed by atoms with Gasteiger partial charge in [-0.05, 0) is 54.4 Å². The van der Waals surface area contributed by atoms with Gasteiger partial charge in [0.05, 0.1) is 0 Å². The summed E-state index contributed by atoms with van der Waals surface area (Å²) in [6.07, 6.45) is 6.23. The van der Waals surface area contributed by atoms with Gasteiger partial charge >= 0.3 is 0 Å². The molecule has 3 saturated carbocycles. The lowest BCUT2D eigenvalue weighted by atomic mass is 9.55. The Morgan fingerprint density at radius 1 is 1.11 bits per heavy atom. The Kier molecular flexibility index (Phi) is 1.78. The van der Waals surface area contributed by atoms with Crippen LogP contribution in [0.1, 0.15) is 31.2 Å². The summed E-state index contributed by atoms with van der Waals surface area (Å²) in [5.41, 5.74) is 2.38. The van der Waals surface area contributed by atoms with Gasteiger partial charge in [0.25, 0.3) is 0 Å². The number of rotatable bonds is 2. The van der Waals surface area contributed by atoms with Gasteiger partial charge in [0.1, 0.15) is 0 Å². The molecule has 0 aromatic heterocycles. The lowest BCUT2D eigenvalue weighted by Gasteiger charge is -2.60. The van der Waals surface area contributed by atoms with Gasteiger partial charge in [-0.3, -0.25) is 4.90 Å². The van der Waals surface area contributed by atoms with E-state index in [-0.39, 0.29) is 0 Å². The molecule has 1 aromatic rings. The van der Waals surface area contributed by atoms with E-state index in [1.165, 1.54) is 25.1 Å². The molecule has 1 heterocycles. The molecule has 94 valence electrons. The number of fused-ring (bicyclic) bond motifs is 1. The van der Waals surface area contributed by atoms with Gasteiger partial charge in [-0.1, -0.05) is 30.3 Å². The lowest BCUT2D eigenvalue weighted by Crippen LogP contribution is -2.61. The molecule has 0 radical (unpaired) electrons. The van der Waals surface area contributed by atoms with Crippen LogP contribution in [0.3, 0.4) is 0 Å². The highest BCUT2D eigenvalue weighted by molar-refractivity contribution is 5.24. The van der Waals surface area contributed by atoms with Crippen molar-refractivity contribution in [2.45, 2.75) is 38.3 Å². The van der Waals surface area contributed by atoms with Crippen LogP contribution in [0.25, 0.3) is 0 Å². The van der Waals surface area contributed by atoms with Crippen LogP contribution in [-0.2, 0) is 6.54 Å². The van der Waals surface area contributed by atoms with Gasteiger partial charge < -0.3 is 0 Å². The van der Waals surface area contributed by atoms with Crippen molar-refractivity contribution in [3.8, 4) is 0 Å². The van der Waals surface area contributed by atoms with Crippen LogP contribution in [0, 0.1) is 23.2 Å². The van der Waals surface area contributed by atoms with Crippen LogP contribution < -0.4 is 0 Å². The second-order valence-electron chi connectivity index (χ2n) is 7.26. The number of benzene rings is 1. The molecule has 0 amide bonds. The third-order valence-corrected chi connectivity index (χ3v) is 6.47. The van der Waals surface area contributed by atoms with Crippen LogP contribution in [0.2, 0.25) is 0 Å². The Bertz CT molecular complexity index is 482. The second-order valence-corrected chi connectivity index (χ2v) is 7.26.